The van der Waals surface area contributed by atoms with Crippen LogP contribution in [0.4, 0.5) is 0 Å². The number of allylic oxidation sites excluding steroid dienone is 1. The van der Waals surface area contributed by atoms with Crippen molar-refractivity contribution >= 4 is 5.91 Å². The molecule has 0 radical (unpaired) electrons. The number of carbonyl (C=O) groups excluding carboxylic acids is 1. The average Bonchev–Trinajstić information content (AvgIpc) is 3.06. The highest BCUT2D eigenvalue weighted by molar-refractivity contribution is 5.82. The number of rotatable bonds is 6. The van der Waals surface area contributed by atoms with Gasteiger partial charge in [-0.05, 0) is 67.4 Å². The van der Waals surface area contributed by atoms with E-state index in [0.717, 1.165) is 50.8 Å². The van der Waals surface area contributed by atoms with E-state index in [1.54, 1.807) is 7.05 Å². The summed E-state index contributed by atoms with van der Waals surface area (Å²) in [6.07, 6.45) is 9.44. The minimum atomic E-state index is -0.254. The van der Waals surface area contributed by atoms with Gasteiger partial charge in [0.15, 0.2) is 5.76 Å². The molecule has 2 aliphatic rings. The van der Waals surface area contributed by atoms with E-state index in [1.165, 1.54) is 22.5 Å². The Morgan fingerprint density at radius 3 is 2.79 bits per heavy atom. The van der Waals surface area contributed by atoms with E-state index in [9.17, 15) is 4.79 Å². The third-order valence-corrected chi connectivity index (χ3v) is 7.82. The van der Waals surface area contributed by atoms with Crippen molar-refractivity contribution in [1.82, 2.24) is 5.32 Å². The number of nitrogens with one attached hydrogen (secondary N) is 2. The molecule has 0 bridgehead atoms. The molecule has 0 saturated heterocycles. The van der Waals surface area contributed by atoms with E-state index < -0.39 is 0 Å². The van der Waals surface area contributed by atoms with Crippen molar-refractivity contribution < 1.29 is 14.1 Å². The lowest BCUT2D eigenvalue weighted by Crippen LogP contribution is -3.04. The number of hydrogen-bond acceptors (Lipinski definition) is 2. The first-order valence-electron chi connectivity index (χ1n) is 11.0. The molecule has 2 fully saturated rings. The van der Waals surface area contributed by atoms with Gasteiger partial charge in [-0.25, -0.2) is 0 Å². The zero-order valence-corrected chi connectivity index (χ0v) is 18.5. The highest BCUT2D eigenvalue weighted by Crippen LogP contribution is 2.61. The first kappa shape index (κ1) is 21.2. The van der Waals surface area contributed by atoms with Gasteiger partial charge in [0, 0.05) is 12.5 Å². The van der Waals surface area contributed by atoms with Gasteiger partial charge >= 0.3 is 0 Å². The van der Waals surface area contributed by atoms with Crippen molar-refractivity contribution in [2.24, 2.45) is 22.7 Å². The topological polar surface area (TPSA) is 46.7 Å². The summed E-state index contributed by atoms with van der Waals surface area (Å²) in [7, 11) is 6.09. The van der Waals surface area contributed by atoms with E-state index in [4.69, 9.17) is 4.42 Å². The van der Waals surface area contributed by atoms with Gasteiger partial charge < -0.3 is 14.6 Å². The quantitative estimate of drug-likeness (QED) is 0.735. The first-order valence-corrected chi connectivity index (χ1v) is 11.0. The molecule has 1 heterocycles. The Bertz CT molecular complexity index is 722. The third-order valence-electron chi connectivity index (χ3n) is 7.82. The van der Waals surface area contributed by atoms with E-state index in [-0.39, 0.29) is 16.7 Å². The molecule has 2 N–H and O–H groups in total. The smallest absolute Gasteiger partial charge is 0.225 e. The number of furan rings is 1. The molecule has 0 spiro atoms. The molecule has 1 aromatic heterocycles. The molecule has 2 saturated carbocycles. The van der Waals surface area contributed by atoms with Crippen LogP contribution in [-0.2, 0) is 17.8 Å². The lowest BCUT2D eigenvalue weighted by atomic mass is 9.46. The van der Waals surface area contributed by atoms with Crippen molar-refractivity contribution in [2.75, 3.05) is 21.1 Å². The van der Waals surface area contributed by atoms with Gasteiger partial charge in [-0.2, -0.15) is 0 Å². The average molecular weight is 388 g/mol. The summed E-state index contributed by atoms with van der Waals surface area (Å²) in [5.74, 6) is 2.24. The Labute approximate surface area is 170 Å². The molecule has 0 aromatic carbocycles. The maximum Gasteiger partial charge on any atom is 0.225 e. The van der Waals surface area contributed by atoms with Crippen LogP contribution in [0.1, 0.15) is 63.7 Å². The number of amides is 1. The van der Waals surface area contributed by atoms with Crippen LogP contribution < -0.4 is 10.2 Å². The fraction of sp³-hybridized carbons (Fsp3) is 0.708. The third kappa shape index (κ3) is 3.68. The molecule has 0 unspecified atom stereocenters. The fourth-order valence-corrected chi connectivity index (χ4v) is 6.41. The predicted molar refractivity (Wildman–Crippen MR) is 113 cm³/mol. The number of hydrogen-bond donors (Lipinski definition) is 2. The van der Waals surface area contributed by atoms with E-state index in [1.807, 2.05) is 6.26 Å². The molecule has 1 amide bonds. The standard InChI is InChI=1S/C24H38N2O2/c1-17-8-11-21-23(2,13-7-14-24(21,3)22(27)25-4)19(17)10-9-18-12-15-28-20(18)16-26(5)6/h12,15,19,21H,1,7-11,13-14,16H2,2-6H3,(H,25,27)/p+1/t19-,21+,23+,24-/m0/s1. The predicted octanol–water partition coefficient (Wildman–Crippen LogP) is 3.38. The molecule has 2 aliphatic carbocycles. The van der Waals surface area contributed by atoms with Gasteiger partial charge in [-0.3, -0.25) is 4.79 Å². The summed E-state index contributed by atoms with van der Waals surface area (Å²) in [5.41, 5.74) is 2.63. The van der Waals surface area contributed by atoms with Crippen molar-refractivity contribution in [3.8, 4) is 0 Å². The molecule has 156 valence electrons. The van der Waals surface area contributed by atoms with Crippen molar-refractivity contribution in [3.63, 3.8) is 0 Å². The molecule has 0 aliphatic heterocycles. The van der Waals surface area contributed by atoms with Gasteiger partial charge in [0.05, 0.1) is 20.4 Å². The van der Waals surface area contributed by atoms with Crippen molar-refractivity contribution in [1.29, 1.82) is 0 Å². The first-order chi connectivity index (χ1) is 13.2. The van der Waals surface area contributed by atoms with Gasteiger partial charge in [0.1, 0.15) is 6.54 Å². The van der Waals surface area contributed by atoms with Crippen LogP contribution >= 0.6 is 0 Å². The Morgan fingerprint density at radius 2 is 2.11 bits per heavy atom. The Morgan fingerprint density at radius 1 is 1.36 bits per heavy atom. The summed E-state index contributed by atoms with van der Waals surface area (Å²) in [4.78, 5) is 14.2. The van der Waals surface area contributed by atoms with Gasteiger partial charge in [0.2, 0.25) is 5.91 Å². The largest absolute Gasteiger partial charge is 0.463 e. The van der Waals surface area contributed by atoms with Crippen LogP contribution in [0, 0.1) is 22.7 Å². The molecule has 3 rings (SSSR count). The highest BCUT2D eigenvalue weighted by atomic mass is 16.3. The molecular formula is C24H39N2O2+. The maximum absolute atomic E-state index is 12.8. The summed E-state index contributed by atoms with van der Waals surface area (Å²) in [6.45, 7) is 10.0. The minimum Gasteiger partial charge on any atom is -0.463 e. The maximum atomic E-state index is 12.8. The molecule has 1 aromatic rings. The summed E-state index contributed by atoms with van der Waals surface area (Å²) >= 11 is 0. The van der Waals surface area contributed by atoms with Gasteiger partial charge in [0.25, 0.3) is 0 Å². The summed E-state index contributed by atoms with van der Waals surface area (Å²) in [6, 6.07) is 2.14. The van der Waals surface area contributed by atoms with Crippen molar-refractivity contribution in [3.05, 3.63) is 35.8 Å². The molecule has 28 heavy (non-hydrogen) atoms. The molecule has 4 heteroatoms. The zero-order chi connectivity index (χ0) is 20.5. The van der Waals surface area contributed by atoms with Crippen LogP contribution in [-0.4, -0.2) is 27.1 Å². The molecular weight excluding hydrogens is 348 g/mol. The lowest BCUT2D eigenvalue weighted by Gasteiger charge is -2.58. The van der Waals surface area contributed by atoms with Crippen LogP contribution in [0.25, 0.3) is 0 Å². The monoisotopic (exact) mass is 387 g/mol. The van der Waals surface area contributed by atoms with Crippen LogP contribution in [0.2, 0.25) is 0 Å². The van der Waals surface area contributed by atoms with Crippen LogP contribution in [0.3, 0.4) is 0 Å². The second-order valence-electron chi connectivity index (χ2n) is 9.95. The number of fused-ring (bicyclic) bond motifs is 1. The van der Waals surface area contributed by atoms with E-state index >= 15 is 0 Å². The van der Waals surface area contributed by atoms with E-state index in [2.05, 4.69) is 45.9 Å². The number of aryl methyl sites for hydroxylation is 1. The van der Waals surface area contributed by atoms with Crippen molar-refractivity contribution in [2.45, 2.75) is 65.3 Å². The fourth-order valence-electron chi connectivity index (χ4n) is 6.41. The normalized spacial score (nSPS) is 33.0. The van der Waals surface area contributed by atoms with Gasteiger partial charge in [-0.1, -0.05) is 32.4 Å². The van der Waals surface area contributed by atoms with Crippen LogP contribution in [0.15, 0.2) is 28.9 Å². The SMILES string of the molecule is C=C1CC[C@@H]2[C@](C)(CCC[C@]2(C)C(=O)NC)[C@H]1CCc1ccoc1C[NH+](C)C. The summed E-state index contributed by atoms with van der Waals surface area (Å²) in [5, 5.41) is 2.96. The second kappa shape index (κ2) is 8.06. The van der Waals surface area contributed by atoms with Gasteiger partial charge in [-0.15, -0.1) is 0 Å². The Balaban J connectivity index is 1.82. The Kier molecular flexibility index (Phi) is 6.09. The summed E-state index contributed by atoms with van der Waals surface area (Å²) < 4.78 is 5.76. The molecule has 4 atom stereocenters. The number of quaternary nitrogens is 1. The Hall–Kier alpha value is -1.55. The second-order valence-corrected chi connectivity index (χ2v) is 9.95. The van der Waals surface area contributed by atoms with Crippen LogP contribution in [0.5, 0.6) is 0 Å². The zero-order valence-electron chi connectivity index (χ0n) is 18.5. The van der Waals surface area contributed by atoms with E-state index in [0.29, 0.717) is 11.8 Å². The lowest BCUT2D eigenvalue weighted by molar-refractivity contribution is -0.873. The molecule has 4 nitrogen and oxygen atoms in total. The number of carbonyl (C=O) groups is 1. The highest BCUT2D eigenvalue weighted by Gasteiger charge is 2.56. The minimum absolute atomic E-state index is 0.158.